The van der Waals surface area contributed by atoms with E-state index >= 15 is 0 Å². The summed E-state index contributed by atoms with van der Waals surface area (Å²) < 4.78 is 0. The zero-order chi connectivity index (χ0) is 13.0. The van der Waals surface area contributed by atoms with Crippen LogP contribution in [0.25, 0.3) is 0 Å². The van der Waals surface area contributed by atoms with E-state index in [4.69, 9.17) is 11.5 Å². The predicted molar refractivity (Wildman–Crippen MR) is 68.7 cm³/mol. The number of carbonyl (C=O) groups excluding carboxylic acids is 1. The number of aliphatic hydroxyl groups is 1. The second kappa shape index (κ2) is 5.54. The molecule has 0 saturated carbocycles. The van der Waals surface area contributed by atoms with Crippen LogP contribution in [-0.2, 0) is 0 Å². The van der Waals surface area contributed by atoms with E-state index in [1.807, 2.05) is 13.8 Å². The van der Waals surface area contributed by atoms with Gasteiger partial charge in [-0.05, 0) is 24.1 Å². The van der Waals surface area contributed by atoms with E-state index in [0.717, 1.165) is 0 Å². The summed E-state index contributed by atoms with van der Waals surface area (Å²) in [5.41, 5.74) is 12.5. The number of hydrogen-bond donors (Lipinski definition) is 4. The van der Waals surface area contributed by atoms with Crippen LogP contribution in [0.4, 0.5) is 11.4 Å². The third-order valence-electron chi connectivity index (χ3n) is 2.68. The van der Waals surface area contributed by atoms with Crippen molar-refractivity contribution in [3.8, 4) is 0 Å². The van der Waals surface area contributed by atoms with Crippen molar-refractivity contribution in [2.45, 2.75) is 19.9 Å². The number of anilines is 2. The first-order chi connectivity index (χ1) is 7.95. The molecule has 1 atom stereocenters. The fourth-order valence-electron chi connectivity index (χ4n) is 1.47. The Balaban J connectivity index is 2.89. The summed E-state index contributed by atoms with van der Waals surface area (Å²) in [5.74, 6) is -0.235. The van der Waals surface area contributed by atoms with Gasteiger partial charge in [0.15, 0.2) is 0 Å². The zero-order valence-electron chi connectivity index (χ0n) is 10.1. The Morgan fingerprint density at radius 1 is 1.47 bits per heavy atom. The molecule has 1 aromatic rings. The summed E-state index contributed by atoms with van der Waals surface area (Å²) in [7, 11) is 0. The van der Waals surface area contributed by atoms with Gasteiger partial charge in [-0.3, -0.25) is 4.79 Å². The van der Waals surface area contributed by atoms with Gasteiger partial charge in [0.1, 0.15) is 0 Å². The Labute approximate surface area is 101 Å². The fourth-order valence-corrected chi connectivity index (χ4v) is 1.47. The van der Waals surface area contributed by atoms with Crippen molar-refractivity contribution in [1.29, 1.82) is 0 Å². The number of nitrogens with one attached hydrogen (secondary N) is 1. The van der Waals surface area contributed by atoms with Crippen molar-refractivity contribution in [3.05, 3.63) is 23.8 Å². The molecular formula is C12H19N3O2. The topological polar surface area (TPSA) is 101 Å². The quantitative estimate of drug-likeness (QED) is 0.569. The fraction of sp³-hybridized carbons (Fsp3) is 0.417. The minimum absolute atomic E-state index is 0.0225. The molecule has 0 aliphatic rings. The van der Waals surface area contributed by atoms with Crippen molar-refractivity contribution in [2.75, 3.05) is 17.7 Å². The summed E-state index contributed by atoms with van der Waals surface area (Å²) in [6.45, 7) is 4.03. The van der Waals surface area contributed by atoms with E-state index in [1.54, 1.807) is 12.1 Å². The Hall–Kier alpha value is -1.75. The van der Waals surface area contributed by atoms with E-state index in [1.165, 1.54) is 6.07 Å². The highest BCUT2D eigenvalue weighted by molar-refractivity contribution is 5.94. The minimum atomic E-state index is -0.509. The van der Waals surface area contributed by atoms with E-state index in [-0.39, 0.29) is 18.6 Å². The standard InChI is InChI=1S/C12H19N3O2/c1-7(2)11(6-16)15-10-4-3-8(12(14)17)5-9(10)13/h3-5,7,11,15-16H,6,13H2,1-2H3,(H2,14,17). The second-order valence-electron chi connectivity index (χ2n) is 4.34. The predicted octanol–water partition coefficient (Wildman–Crippen LogP) is 0.796. The summed E-state index contributed by atoms with van der Waals surface area (Å²) in [4.78, 5) is 11.0. The molecule has 0 bridgehead atoms. The van der Waals surface area contributed by atoms with Gasteiger partial charge in [-0.1, -0.05) is 13.8 Å². The van der Waals surface area contributed by atoms with Crippen molar-refractivity contribution >= 4 is 17.3 Å². The summed E-state index contributed by atoms with van der Waals surface area (Å²) in [5, 5.41) is 12.3. The number of aliphatic hydroxyl groups excluding tert-OH is 1. The normalized spacial score (nSPS) is 12.5. The highest BCUT2D eigenvalue weighted by atomic mass is 16.3. The number of nitrogens with two attached hydrogens (primary N) is 2. The van der Waals surface area contributed by atoms with Gasteiger partial charge in [0.2, 0.25) is 5.91 Å². The van der Waals surface area contributed by atoms with Crippen molar-refractivity contribution in [3.63, 3.8) is 0 Å². The lowest BCUT2D eigenvalue weighted by Crippen LogP contribution is -2.29. The first-order valence-corrected chi connectivity index (χ1v) is 5.52. The molecule has 0 aliphatic heterocycles. The third-order valence-corrected chi connectivity index (χ3v) is 2.68. The summed E-state index contributed by atoms with van der Waals surface area (Å²) >= 11 is 0. The van der Waals surface area contributed by atoms with Crippen LogP contribution in [0.5, 0.6) is 0 Å². The van der Waals surface area contributed by atoms with Gasteiger partial charge in [-0.15, -0.1) is 0 Å². The molecule has 0 heterocycles. The molecule has 0 aromatic heterocycles. The number of nitrogen functional groups attached to an aromatic ring is 1. The van der Waals surface area contributed by atoms with E-state index in [9.17, 15) is 9.90 Å². The Morgan fingerprint density at radius 2 is 2.12 bits per heavy atom. The van der Waals surface area contributed by atoms with Gasteiger partial charge in [0, 0.05) is 5.56 Å². The first kappa shape index (κ1) is 13.3. The molecule has 94 valence electrons. The summed E-state index contributed by atoms with van der Waals surface area (Å²) in [6, 6.07) is 4.76. The molecule has 1 aromatic carbocycles. The van der Waals surface area contributed by atoms with Crippen LogP contribution >= 0.6 is 0 Å². The largest absolute Gasteiger partial charge is 0.397 e. The minimum Gasteiger partial charge on any atom is -0.397 e. The second-order valence-corrected chi connectivity index (χ2v) is 4.34. The molecule has 0 spiro atoms. The number of rotatable bonds is 5. The van der Waals surface area contributed by atoms with Crippen LogP contribution in [0.15, 0.2) is 18.2 Å². The molecule has 0 radical (unpaired) electrons. The molecule has 17 heavy (non-hydrogen) atoms. The SMILES string of the molecule is CC(C)C(CO)Nc1ccc(C(N)=O)cc1N. The van der Waals surface area contributed by atoms with E-state index < -0.39 is 5.91 Å². The van der Waals surface area contributed by atoms with Gasteiger partial charge < -0.3 is 21.9 Å². The summed E-state index contributed by atoms with van der Waals surface area (Å²) in [6.07, 6.45) is 0. The maximum atomic E-state index is 11.0. The van der Waals surface area contributed by atoms with Gasteiger partial charge in [-0.25, -0.2) is 0 Å². The van der Waals surface area contributed by atoms with Crippen molar-refractivity contribution < 1.29 is 9.90 Å². The van der Waals surface area contributed by atoms with Crippen molar-refractivity contribution in [2.24, 2.45) is 11.7 Å². The lowest BCUT2D eigenvalue weighted by Gasteiger charge is -2.22. The molecule has 1 unspecified atom stereocenters. The average Bonchev–Trinajstić information content (AvgIpc) is 2.26. The number of hydrogen-bond acceptors (Lipinski definition) is 4. The van der Waals surface area contributed by atoms with Gasteiger partial charge >= 0.3 is 0 Å². The highest BCUT2D eigenvalue weighted by Gasteiger charge is 2.13. The molecule has 0 saturated heterocycles. The van der Waals surface area contributed by atoms with Crippen LogP contribution in [0.3, 0.4) is 0 Å². The van der Waals surface area contributed by atoms with Crippen LogP contribution in [0.2, 0.25) is 0 Å². The van der Waals surface area contributed by atoms with Crippen LogP contribution in [0.1, 0.15) is 24.2 Å². The lowest BCUT2D eigenvalue weighted by atomic mass is 10.0. The van der Waals surface area contributed by atoms with Crippen LogP contribution < -0.4 is 16.8 Å². The molecule has 5 nitrogen and oxygen atoms in total. The maximum Gasteiger partial charge on any atom is 0.248 e. The number of primary amides is 1. The van der Waals surface area contributed by atoms with Crippen LogP contribution in [-0.4, -0.2) is 23.7 Å². The Bertz CT molecular complexity index is 405. The molecule has 1 amide bonds. The van der Waals surface area contributed by atoms with Crippen molar-refractivity contribution in [1.82, 2.24) is 0 Å². The molecule has 5 heteroatoms. The monoisotopic (exact) mass is 237 g/mol. The Kier molecular flexibility index (Phi) is 4.34. The highest BCUT2D eigenvalue weighted by Crippen LogP contribution is 2.22. The smallest absolute Gasteiger partial charge is 0.248 e. The maximum absolute atomic E-state index is 11.0. The average molecular weight is 237 g/mol. The van der Waals surface area contributed by atoms with Gasteiger partial charge in [0.05, 0.1) is 24.0 Å². The van der Waals surface area contributed by atoms with Gasteiger partial charge in [-0.2, -0.15) is 0 Å². The van der Waals surface area contributed by atoms with Crippen LogP contribution in [0, 0.1) is 5.92 Å². The lowest BCUT2D eigenvalue weighted by molar-refractivity contribution is 0.100. The van der Waals surface area contributed by atoms with Gasteiger partial charge in [0.25, 0.3) is 0 Å². The molecule has 0 aliphatic carbocycles. The number of amides is 1. The molecular weight excluding hydrogens is 218 g/mol. The Morgan fingerprint density at radius 3 is 2.53 bits per heavy atom. The molecule has 6 N–H and O–H groups in total. The molecule has 0 fully saturated rings. The van der Waals surface area contributed by atoms with E-state index in [2.05, 4.69) is 5.32 Å². The first-order valence-electron chi connectivity index (χ1n) is 5.52. The number of benzene rings is 1. The number of carbonyl (C=O) groups is 1. The van der Waals surface area contributed by atoms with E-state index in [0.29, 0.717) is 16.9 Å². The third kappa shape index (κ3) is 3.35. The zero-order valence-corrected chi connectivity index (χ0v) is 10.1. The molecule has 1 rings (SSSR count).